The topological polar surface area (TPSA) is 0 Å². The van der Waals surface area contributed by atoms with Gasteiger partial charge in [0.05, 0.1) is 7.98 Å². The molecule has 0 radical (unpaired) electrons. The van der Waals surface area contributed by atoms with Gasteiger partial charge in [0.2, 0.25) is 0 Å². The van der Waals surface area contributed by atoms with Crippen LogP contribution in [0.4, 0.5) is 0 Å². The van der Waals surface area contributed by atoms with E-state index >= 15 is 0 Å². The van der Waals surface area contributed by atoms with Crippen LogP contribution in [0.5, 0.6) is 0 Å². The molecule has 0 spiro atoms. The standard InChI is InChI=1S/C13H14Br2S/c14-13(15)11-8-4-5-9-12(11,13)16-10-6-2-1-3-7-10/h1-3,6-7,11H,4-5,8-9H2. The molecule has 2 aliphatic carbocycles. The van der Waals surface area contributed by atoms with Gasteiger partial charge in [0, 0.05) is 10.8 Å². The number of benzene rings is 1. The molecule has 2 aliphatic rings. The van der Waals surface area contributed by atoms with E-state index in [-0.39, 0.29) is 3.23 Å². The summed E-state index contributed by atoms with van der Waals surface area (Å²) in [7, 11) is 0. The minimum atomic E-state index is 0.185. The van der Waals surface area contributed by atoms with Crippen molar-refractivity contribution in [2.45, 2.75) is 38.6 Å². The lowest BCUT2D eigenvalue weighted by Gasteiger charge is -2.21. The number of halogens is 2. The molecule has 2 fully saturated rings. The molecule has 1 aromatic rings. The molecular weight excluding hydrogens is 348 g/mol. The minimum absolute atomic E-state index is 0.185. The summed E-state index contributed by atoms with van der Waals surface area (Å²) in [5.74, 6) is 0.791. The lowest BCUT2D eigenvalue weighted by molar-refractivity contribution is 0.503. The van der Waals surface area contributed by atoms with E-state index < -0.39 is 0 Å². The van der Waals surface area contributed by atoms with E-state index in [0.717, 1.165) is 5.92 Å². The quantitative estimate of drug-likeness (QED) is 0.651. The fourth-order valence-corrected chi connectivity index (χ4v) is 7.25. The van der Waals surface area contributed by atoms with Crippen LogP contribution in [0.1, 0.15) is 25.7 Å². The van der Waals surface area contributed by atoms with Crippen molar-refractivity contribution in [3.8, 4) is 0 Å². The Labute approximate surface area is 118 Å². The summed E-state index contributed by atoms with van der Waals surface area (Å²) in [4.78, 5) is 1.40. The second-order valence-corrected chi connectivity index (χ2v) is 9.70. The van der Waals surface area contributed by atoms with Crippen LogP contribution in [0.3, 0.4) is 0 Å². The van der Waals surface area contributed by atoms with Gasteiger partial charge in [-0.25, -0.2) is 0 Å². The fraction of sp³-hybridized carbons (Fsp3) is 0.538. The van der Waals surface area contributed by atoms with E-state index in [1.165, 1.54) is 30.6 Å². The van der Waals surface area contributed by atoms with Crippen molar-refractivity contribution in [3.63, 3.8) is 0 Å². The Kier molecular flexibility index (Phi) is 2.92. The molecular formula is C13H14Br2S. The molecule has 3 heteroatoms. The molecule has 0 aliphatic heterocycles. The van der Waals surface area contributed by atoms with Crippen LogP contribution in [0.2, 0.25) is 0 Å². The molecule has 0 bridgehead atoms. The summed E-state index contributed by atoms with van der Waals surface area (Å²) in [6.07, 6.45) is 5.44. The maximum absolute atomic E-state index is 3.89. The molecule has 0 saturated heterocycles. The van der Waals surface area contributed by atoms with Crippen molar-refractivity contribution in [1.29, 1.82) is 0 Å². The van der Waals surface area contributed by atoms with E-state index in [1.807, 2.05) is 0 Å². The summed E-state index contributed by atoms with van der Waals surface area (Å²) in [5.41, 5.74) is 0. The largest absolute Gasteiger partial charge is 0.117 e. The molecule has 16 heavy (non-hydrogen) atoms. The van der Waals surface area contributed by atoms with E-state index in [1.54, 1.807) is 0 Å². The first-order valence-electron chi connectivity index (χ1n) is 5.79. The Bertz CT molecular complexity index is 390. The molecule has 86 valence electrons. The van der Waals surface area contributed by atoms with Gasteiger partial charge < -0.3 is 0 Å². The van der Waals surface area contributed by atoms with Gasteiger partial charge in [0.25, 0.3) is 0 Å². The van der Waals surface area contributed by atoms with Crippen molar-refractivity contribution in [3.05, 3.63) is 30.3 Å². The molecule has 0 aromatic heterocycles. The second-order valence-electron chi connectivity index (χ2n) is 4.73. The van der Waals surface area contributed by atoms with Gasteiger partial charge in [-0.2, -0.15) is 0 Å². The zero-order valence-corrected chi connectivity index (χ0v) is 12.9. The highest BCUT2D eigenvalue weighted by Crippen LogP contribution is 2.77. The van der Waals surface area contributed by atoms with E-state index in [2.05, 4.69) is 74.0 Å². The highest BCUT2D eigenvalue weighted by atomic mass is 79.9. The molecule has 0 nitrogen and oxygen atoms in total. The monoisotopic (exact) mass is 360 g/mol. The normalized spacial score (nSPS) is 35.5. The second kappa shape index (κ2) is 4.03. The zero-order chi connectivity index (χ0) is 11.2. The summed E-state index contributed by atoms with van der Waals surface area (Å²) in [6, 6.07) is 10.8. The summed E-state index contributed by atoms with van der Waals surface area (Å²) in [6.45, 7) is 0. The Balaban J connectivity index is 1.84. The molecule has 2 unspecified atom stereocenters. The predicted octanol–water partition coefficient (Wildman–Crippen LogP) is 5.21. The molecule has 0 N–H and O–H groups in total. The lowest BCUT2D eigenvalue weighted by Crippen LogP contribution is -2.14. The molecule has 2 saturated carbocycles. The number of alkyl halides is 2. The Morgan fingerprint density at radius 1 is 1.12 bits per heavy atom. The van der Waals surface area contributed by atoms with Crippen molar-refractivity contribution in [2.75, 3.05) is 0 Å². The van der Waals surface area contributed by atoms with Gasteiger partial charge >= 0.3 is 0 Å². The van der Waals surface area contributed by atoms with Gasteiger partial charge in [-0.05, 0) is 25.0 Å². The SMILES string of the molecule is BrC1(Br)C2CCCCC21Sc1ccccc1. The smallest absolute Gasteiger partial charge is 0.1000 e. The van der Waals surface area contributed by atoms with Crippen LogP contribution < -0.4 is 0 Å². The van der Waals surface area contributed by atoms with Crippen LogP contribution in [0.15, 0.2) is 35.2 Å². The maximum atomic E-state index is 3.89. The molecule has 2 atom stereocenters. The maximum Gasteiger partial charge on any atom is 0.1000 e. The average Bonchev–Trinajstić information content (AvgIpc) is 2.77. The highest BCUT2D eigenvalue weighted by Gasteiger charge is 2.74. The molecule has 0 heterocycles. The van der Waals surface area contributed by atoms with Gasteiger partial charge in [0.1, 0.15) is 0 Å². The van der Waals surface area contributed by atoms with Gasteiger partial charge in [-0.1, -0.05) is 62.9 Å². The predicted molar refractivity (Wildman–Crippen MR) is 77.6 cm³/mol. The first-order valence-corrected chi connectivity index (χ1v) is 8.19. The van der Waals surface area contributed by atoms with Gasteiger partial charge in [-0.3, -0.25) is 0 Å². The van der Waals surface area contributed by atoms with E-state index in [0.29, 0.717) is 4.75 Å². The first-order chi connectivity index (χ1) is 7.67. The van der Waals surface area contributed by atoms with Crippen LogP contribution >= 0.6 is 43.6 Å². The number of hydrogen-bond acceptors (Lipinski definition) is 1. The number of hydrogen-bond donors (Lipinski definition) is 0. The van der Waals surface area contributed by atoms with Crippen LogP contribution in [0.25, 0.3) is 0 Å². The third-order valence-corrected chi connectivity index (χ3v) is 8.54. The van der Waals surface area contributed by atoms with Gasteiger partial charge in [0.15, 0.2) is 0 Å². The van der Waals surface area contributed by atoms with E-state index in [4.69, 9.17) is 0 Å². The van der Waals surface area contributed by atoms with E-state index in [9.17, 15) is 0 Å². The molecule has 3 rings (SSSR count). The van der Waals surface area contributed by atoms with Crippen LogP contribution in [0, 0.1) is 5.92 Å². The number of thioether (sulfide) groups is 1. The summed E-state index contributed by atoms with van der Waals surface area (Å²) in [5, 5.41) is 0. The Morgan fingerprint density at radius 3 is 2.56 bits per heavy atom. The zero-order valence-electron chi connectivity index (χ0n) is 8.96. The Morgan fingerprint density at radius 2 is 1.88 bits per heavy atom. The lowest BCUT2D eigenvalue weighted by atomic mass is 10.0. The minimum Gasteiger partial charge on any atom is -0.117 e. The molecule has 1 aromatic carbocycles. The average molecular weight is 362 g/mol. The number of rotatable bonds is 2. The molecule has 0 amide bonds. The fourth-order valence-electron chi connectivity index (χ4n) is 2.89. The highest BCUT2D eigenvalue weighted by molar-refractivity contribution is 9.25. The third kappa shape index (κ3) is 1.62. The first kappa shape index (κ1) is 11.6. The third-order valence-electron chi connectivity index (χ3n) is 3.82. The van der Waals surface area contributed by atoms with Gasteiger partial charge in [-0.15, -0.1) is 11.8 Å². The van der Waals surface area contributed by atoms with Crippen molar-refractivity contribution < 1.29 is 0 Å². The summed E-state index contributed by atoms with van der Waals surface area (Å²) >= 11 is 9.83. The Hall–Kier alpha value is 0.530. The number of fused-ring (bicyclic) bond motifs is 1. The van der Waals surface area contributed by atoms with Crippen molar-refractivity contribution in [1.82, 2.24) is 0 Å². The summed E-state index contributed by atoms with van der Waals surface area (Å²) < 4.78 is 0.580. The van der Waals surface area contributed by atoms with Crippen LogP contribution in [-0.2, 0) is 0 Å². The van der Waals surface area contributed by atoms with Crippen molar-refractivity contribution >= 4 is 43.6 Å². The van der Waals surface area contributed by atoms with Crippen LogP contribution in [-0.4, -0.2) is 7.98 Å². The van der Waals surface area contributed by atoms with Crippen molar-refractivity contribution in [2.24, 2.45) is 5.92 Å².